The molecule has 5 heteroatoms. The van der Waals surface area contributed by atoms with Crippen molar-refractivity contribution in [2.45, 2.75) is 0 Å². The summed E-state index contributed by atoms with van der Waals surface area (Å²) in [5.74, 6) is 0. The molecule has 0 radical (unpaired) electrons. The van der Waals surface area contributed by atoms with Crippen LogP contribution in [0.5, 0.6) is 0 Å². The number of hydrogen-bond donors (Lipinski definition) is 0. The van der Waals surface area contributed by atoms with Gasteiger partial charge in [-0.25, -0.2) is 0 Å². The van der Waals surface area contributed by atoms with Gasteiger partial charge in [0.25, 0.3) is 0 Å². The van der Waals surface area contributed by atoms with Crippen LogP contribution in [-0.2, 0) is 15.0 Å². The number of nitrogens with zero attached hydrogens (tertiary/aromatic N) is 4. The molecular weight excluding hydrogens is 232 g/mol. The van der Waals surface area contributed by atoms with Gasteiger partial charge >= 0.3 is 93.8 Å². The molecule has 15 heavy (non-hydrogen) atoms. The van der Waals surface area contributed by atoms with Gasteiger partial charge in [0.2, 0.25) is 0 Å². The van der Waals surface area contributed by atoms with Crippen molar-refractivity contribution in [2.24, 2.45) is 0 Å². The minimum atomic E-state index is 0.665. The average Bonchev–Trinajstić information content (AvgIpc) is 2.87. The van der Waals surface area contributed by atoms with Crippen LogP contribution in [0.15, 0.2) is 37.9 Å². The van der Waals surface area contributed by atoms with Crippen LogP contribution in [0.3, 0.4) is 0 Å². The Hall–Kier alpha value is -1.58. The van der Waals surface area contributed by atoms with Crippen molar-refractivity contribution < 1.29 is 15.0 Å². The number of rotatable bonds is 4. The van der Waals surface area contributed by atoms with E-state index >= 15 is 0 Å². The van der Waals surface area contributed by atoms with E-state index < -0.39 is 0 Å². The molecule has 0 unspecified atom stereocenters. The molecule has 78 valence electrons. The van der Waals surface area contributed by atoms with E-state index in [0.717, 1.165) is 9.45 Å². The van der Waals surface area contributed by atoms with Gasteiger partial charge in [0, 0.05) is 0 Å². The van der Waals surface area contributed by atoms with Gasteiger partial charge in [0.15, 0.2) is 0 Å². The molecule has 0 saturated carbocycles. The van der Waals surface area contributed by atoms with Crippen LogP contribution in [0.25, 0.3) is 12.4 Å². The molecule has 0 aliphatic carbocycles. The molecule has 0 saturated heterocycles. The van der Waals surface area contributed by atoms with E-state index in [9.17, 15) is 0 Å². The number of aromatic nitrogens is 4. The molecule has 0 aliphatic rings. The van der Waals surface area contributed by atoms with Crippen LogP contribution >= 0.6 is 0 Å². The van der Waals surface area contributed by atoms with E-state index in [0.29, 0.717) is 15.0 Å². The summed E-state index contributed by atoms with van der Waals surface area (Å²) in [6.07, 6.45) is 10.7. The summed E-state index contributed by atoms with van der Waals surface area (Å²) in [4.78, 5) is 8.48. The number of imidazole rings is 2. The molecule has 0 fully saturated rings. The quantitative estimate of drug-likeness (QED) is 0.723. The van der Waals surface area contributed by atoms with Crippen LogP contribution in [0, 0.1) is 0 Å². The molecular formula is C10H10FeN4. The zero-order valence-corrected chi connectivity index (χ0v) is 9.12. The van der Waals surface area contributed by atoms with Crippen molar-refractivity contribution >= 4 is 21.8 Å². The standard InChI is InChI=1S/2C5H5N2.Fe/c2*1-2-7-4-3-6-5-7;/h2*2-4H,1H2;. The molecule has 0 amide bonds. The van der Waals surface area contributed by atoms with Crippen LogP contribution in [-0.4, -0.2) is 19.1 Å². The Morgan fingerprint density at radius 3 is 1.87 bits per heavy atom. The molecule has 4 nitrogen and oxygen atoms in total. The molecule has 0 spiro atoms. The van der Waals surface area contributed by atoms with Gasteiger partial charge in [-0.2, -0.15) is 0 Å². The van der Waals surface area contributed by atoms with Crippen molar-refractivity contribution in [3.05, 3.63) is 37.9 Å². The van der Waals surface area contributed by atoms with E-state index in [1.807, 2.05) is 21.5 Å². The molecule has 0 atom stereocenters. The minimum absolute atomic E-state index is 0.665. The van der Waals surface area contributed by atoms with E-state index in [-0.39, 0.29) is 0 Å². The number of hydrogen-bond acceptors (Lipinski definition) is 2. The average molecular weight is 242 g/mol. The van der Waals surface area contributed by atoms with Gasteiger partial charge < -0.3 is 0 Å². The third-order valence-electron chi connectivity index (χ3n) is 1.78. The first-order valence-corrected chi connectivity index (χ1v) is 5.38. The zero-order chi connectivity index (χ0) is 10.7. The van der Waals surface area contributed by atoms with Crippen molar-refractivity contribution in [2.75, 3.05) is 0 Å². The van der Waals surface area contributed by atoms with Crippen molar-refractivity contribution in [3.63, 3.8) is 0 Å². The second kappa shape index (κ2) is 4.29. The molecule has 2 rings (SSSR count). The van der Waals surface area contributed by atoms with Gasteiger partial charge in [-0.1, -0.05) is 0 Å². The van der Waals surface area contributed by atoms with Crippen molar-refractivity contribution in [3.8, 4) is 0 Å². The van der Waals surface area contributed by atoms with Crippen LogP contribution in [0.4, 0.5) is 0 Å². The fraction of sp³-hybridized carbons (Fsp3) is 0. The second-order valence-electron chi connectivity index (χ2n) is 2.64. The monoisotopic (exact) mass is 242 g/mol. The first-order valence-electron chi connectivity index (χ1n) is 4.28. The summed E-state index contributed by atoms with van der Waals surface area (Å²) in [6, 6.07) is 0. The predicted molar refractivity (Wildman–Crippen MR) is 56.5 cm³/mol. The van der Waals surface area contributed by atoms with Crippen molar-refractivity contribution in [1.82, 2.24) is 19.1 Å². The summed E-state index contributed by atoms with van der Waals surface area (Å²) in [7, 11) is 0. The fourth-order valence-corrected chi connectivity index (χ4v) is 2.24. The predicted octanol–water partition coefficient (Wildman–Crippen LogP) is 0.314. The Kier molecular flexibility index (Phi) is 2.85. The van der Waals surface area contributed by atoms with Gasteiger partial charge in [-0.05, 0) is 0 Å². The first kappa shape index (κ1) is 9.96. The maximum atomic E-state index is 4.24. The Labute approximate surface area is 94.1 Å². The SMILES string of the molecule is C=Cn1ccn[c]1[Fe][c]1nccn1C=C. The second-order valence-corrected chi connectivity index (χ2v) is 3.90. The fourth-order valence-electron chi connectivity index (χ4n) is 1.06. The summed E-state index contributed by atoms with van der Waals surface area (Å²) in [6.45, 7) is 7.42. The first-order chi connectivity index (χ1) is 7.35. The molecule has 0 N–H and O–H groups in total. The van der Waals surface area contributed by atoms with Crippen LogP contribution in [0.1, 0.15) is 0 Å². The zero-order valence-electron chi connectivity index (χ0n) is 8.02. The molecule has 2 aromatic rings. The maximum absolute atomic E-state index is 4.24. The molecule has 0 aromatic carbocycles. The van der Waals surface area contributed by atoms with E-state index in [4.69, 9.17) is 0 Å². The van der Waals surface area contributed by atoms with Crippen LogP contribution in [0.2, 0.25) is 0 Å². The van der Waals surface area contributed by atoms with Crippen molar-refractivity contribution in [1.29, 1.82) is 0 Å². The van der Waals surface area contributed by atoms with Gasteiger partial charge in [0.1, 0.15) is 0 Å². The third-order valence-corrected chi connectivity index (χ3v) is 3.12. The van der Waals surface area contributed by atoms with E-state index in [1.54, 1.807) is 24.8 Å². The third kappa shape index (κ3) is 1.93. The molecule has 0 bridgehead atoms. The molecule has 2 aromatic heterocycles. The van der Waals surface area contributed by atoms with E-state index in [2.05, 4.69) is 23.1 Å². The Morgan fingerprint density at radius 1 is 1.00 bits per heavy atom. The topological polar surface area (TPSA) is 35.6 Å². The Morgan fingerprint density at radius 2 is 1.47 bits per heavy atom. The van der Waals surface area contributed by atoms with Gasteiger partial charge in [-0.15, -0.1) is 0 Å². The normalized spacial score (nSPS) is 10.4. The molecule has 0 aliphatic heterocycles. The Balaban J connectivity index is 2.29. The summed E-state index contributed by atoms with van der Waals surface area (Å²) in [5, 5.41) is 0. The van der Waals surface area contributed by atoms with Gasteiger partial charge in [-0.3, -0.25) is 0 Å². The van der Waals surface area contributed by atoms with Gasteiger partial charge in [0.05, 0.1) is 0 Å². The Bertz CT molecular complexity index is 439. The van der Waals surface area contributed by atoms with E-state index in [1.165, 1.54) is 0 Å². The molecule has 2 heterocycles. The summed E-state index contributed by atoms with van der Waals surface area (Å²) >= 11 is 0.665. The summed E-state index contributed by atoms with van der Waals surface area (Å²) in [5.41, 5.74) is 0. The van der Waals surface area contributed by atoms with Crippen LogP contribution < -0.4 is 9.45 Å². The summed E-state index contributed by atoms with van der Waals surface area (Å²) < 4.78 is 5.59.